The van der Waals surface area contributed by atoms with Crippen molar-refractivity contribution in [3.63, 3.8) is 0 Å². The van der Waals surface area contributed by atoms with Crippen LogP contribution in [0.15, 0.2) is 47.8 Å². The Kier molecular flexibility index (Phi) is 6.12. The summed E-state index contributed by atoms with van der Waals surface area (Å²) in [6, 6.07) is 13.8. The first-order valence-electron chi connectivity index (χ1n) is 8.01. The quantitative estimate of drug-likeness (QED) is 0.747. The fraction of sp³-hybridized carbons (Fsp3) is 0.353. The number of para-hydroxylation sites is 1. The predicted molar refractivity (Wildman–Crippen MR) is 105 cm³/mol. The number of benzene rings is 1. The van der Waals surface area contributed by atoms with Crippen molar-refractivity contribution >= 4 is 57.7 Å². The van der Waals surface area contributed by atoms with Gasteiger partial charge in [-0.25, -0.2) is 0 Å². The van der Waals surface area contributed by atoms with Crippen LogP contribution in [-0.2, 0) is 0 Å². The Morgan fingerprint density at radius 3 is 2.36 bits per heavy atom. The van der Waals surface area contributed by atoms with Crippen molar-refractivity contribution in [2.24, 2.45) is 0 Å². The van der Waals surface area contributed by atoms with Crippen LogP contribution in [0.2, 0.25) is 0 Å². The highest BCUT2D eigenvalue weighted by Crippen LogP contribution is 2.28. The molecule has 1 aliphatic rings. The summed E-state index contributed by atoms with van der Waals surface area (Å²) in [5.74, 6) is -0.204. The van der Waals surface area contributed by atoms with Crippen molar-refractivity contribution in [1.82, 2.24) is 5.32 Å². The van der Waals surface area contributed by atoms with Crippen LogP contribution in [0.1, 0.15) is 9.67 Å². The van der Waals surface area contributed by atoms with E-state index in [0.717, 1.165) is 31.1 Å². The van der Waals surface area contributed by atoms with Crippen LogP contribution in [0.3, 0.4) is 0 Å². The average Bonchev–Trinajstić information content (AvgIpc) is 3.14. The van der Waals surface area contributed by atoms with E-state index in [1.807, 2.05) is 29.6 Å². The van der Waals surface area contributed by atoms with Gasteiger partial charge >= 0.3 is 0 Å². The Balaban J connectivity index is 1.66. The summed E-state index contributed by atoms with van der Waals surface area (Å²) < 4.78 is -1.57. The second-order valence-corrected chi connectivity index (χ2v) is 9.22. The lowest BCUT2D eigenvalue weighted by molar-refractivity contribution is -0.927. The number of halogens is 3. The summed E-state index contributed by atoms with van der Waals surface area (Å²) in [5.41, 5.74) is 1.19. The molecule has 0 radical (unpaired) electrons. The van der Waals surface area contributed by atoms with Crippen molar-refractivity contribution in [3.05, 3.63) is 52.7 Å². The van der Waals surface area contributed by atoms with Crippen molar-refractivity contribution < 1.29 is 9.69 Å². The number of carbonyl (C=O) groups is 1. The molecular formula is C17H19Cl3N3OS+. The summed E-state index contributed by atoms with van der Waals surface area (Å²) in [7, 11) is 0. The third-order valence-corrected chi connectivity index (χ3v) is 5.81. The van der Waals surface area contributed by atoms with Gasteiger partial charge in [0.15, 0.2) is 0 Å². The lowest BCUT2D eigenvalue weighted by Gasteiger charge is -2.39. The number of nitrogens with one attached hydrogen (secondary N) is 2. The third-order valence-electron chi connectivity index (χ3n) is 4.28. The summed E-state index contributed by atoms with van der Waals surface area (Å²) in [5, 5.41) is 4.76. The largest absolute Gasteiger partial charge is 0.360 e. The Bertz CT molecular complexity index is 683. The molecule has 3 rings (SSSR count). The molecule has 1 fully saturated rings. The summed E-state index contributed by atoms with van der Waals surface area (Å²) >= 11 is 19.9. The summed E-state index contributed by atoms with van der Waals surface area (Å²) in [6.07, 6.45) is -0.593. The van der Waals surface area contributed by atoms with Gasteiger partial charge in [-0.3, -0.25) is 10.1 Å². The predicted octanol–water partition coefficient (Wildman–Crippen LogP) is 2.58. The highest BCUT2D eigenvalue weighted by molar-refractivity contribution is 7.12. The van der Waals surface area contributed by atoms with E-state index in [-0.39, 0.29) is 5.91 Å². The molecule has 1 atom stereocenters. The van der Waals surface area contributed by atoms with Crippen LogP contribution < -0.4 is 15.1 Å². The second kappa shape index (κ2) is 8.14. The molecule has 134 valence electrons. The number of alkyl halides is 3. The highest BCUT2D eigenvalue weighted by atomic mass is 35.6. The Hall–Kier alpha value is -0.980. The molecule has 1 aliphatic heterocycles. The molecule has 0 unspecified atom stereocenters. The van der Waals surface area contributed by atoms with Crippen LogP contribution in [0.5, 0.6) is 0 Å². The molecule has 1 aromatic heterocycles. The van der Waals surface area contributed by atoms with Gasteiger partial charge in [-0.2, -0.15) is 0 Å². The SMILES string of the molecule is O=C(N[C@@H]([NH+]1CCN(c2ccccc2)CC1)C(Cl)(Cl)Cl)c1cccs1. The molecule has 1 saturated heterocycles. The normalized spacial score (nSPS) is 17.3. The molecule has 25 heavy (non-hydrogen) atoms. The number of carbonyl (C=O) groups excluding carboxylic acids is 1. The molecule has 0 saturated carbocycles. The van der Waals surface area contributed by atoms with E-state index in [2.05, 4.69) is 22.3 Å². The van der Waals surface area contributed by atoms with Gasteiger partial charge in [0.25, 0.3) is 9.70 Å². The molecule has 8 heteroatoms. The summed E-state index contributed by atoms with van der Waals surface area (Å²) in [6.45, 7) is 3.23. The molecule has 0 aliphatic carbocycles. The van der Waals surface area contributed by atoms with Crippen LogP contribution in [-0.4, -0.2) is 42.0 Å². The number of piperazine rings is 1. The van der Waals surface area contributed by atoms with Gasteiger partial charge in [0.2, 0.25) is 6.17 Å². The van der Waals surface area contributed by atoms with E-state index < -0.39 is 9.96 Å². The van der Waals surface area contributed by atoms with Gasteiger partial charge in [-0.15, -0.1) is 11.3 Å². The molecule has 2 heterocycles. The fourth-order valence-electron chi connectivity index (χ4n) is 3.00. The Morgan fingerprint density at radius 1 is 1.12 bits per heavy atom. The monoisotopic (exact) mass is 418 g/mol. The zero-order valence-corrected chi connectivity index (χ0v) is 16.5. The Morgan fingerprint density at radius 2 is 1.80 bits per heavy atom. The Labute approximate surface area is 166 Å². The van der Waals surface area contributed by atoms with E-state index in [4.69, 9.17) is 34.8 Å². The second-order valence-electron chi connectivity index (χ2n) is 5.91. The average molecular weight is 420 g/mol. The van der Waals surface area contributed by atoms with E-state index in [9.17, 15) is 4.79 Å². The number of thiophene rings is 1. The third kappa shape index (κ3) is 4.80. The lowest BCUT2D eigenvalue weighted by atomic mass is 10.2. The molecule has 2 N–H and O–H groups in total. The van der Waals surface area contributed by atoms with E-state index >= 15 is 0 Å². The number of hydrogen-bond donors (Lipinski definition) is 2. The van der Waals surface area contributed by atoms with Crippen LogP contribution in [0.4, 0.5) is 5.69 Å². The van der Waals surface area contributed by atoms with Crippen LogP contribution in [0.25, 0.3) is 0 Å². The number of anilines is 1. The first-order valence-corrected chi connectivity index (χ1v) is 10.0. The maximum atomic E-state index is 12.4. The molecule has 1 aromatic carbocycles. The fourth-order valence-corrected chi connectivity index (χ4v) is 4.26. The van der Waals surface area contributed by atoms with Crippen molar-refractivity contribution in [3.8, 4) is 0 Å². The lowest BCUT2D eigenvalue weighted by Crippen LogP contribution is -3.21. The number of rotatable bonds is 4. The van der Waals surface area contributed by atoms with Crippen molar-refractivity contribution in [2.75, 3.05) is 31.1 Å². The number of hydrogen-bond acceptors (Lipinski definition) is 3. The van der Waals surface area contributed by atoms with E-state index in [1.54, 1.807) is 6.07 Å². The van der Waals surface area contributed by atoms with Gasteiger partial charge in [0, 0.05) is 5.69 Å². The van der Waals surface area contributed by atoms with Crippen LogP contribution >= 0.6 is 46.1 Å². The molecular weight excluding hydrogens is 401 g/mol. The zero-order valence-electron chi connectivity index (χ0n) is 13.4. The van der Waals surface area contributed by atoms with Gasteiger partial charge in [0.1, 0.15) is 0 Å². The maximum Gasteiger partial charge on any atom is 0.265 e. The minimum absolute atomic E-state index is 0.204. The number of quaternary nitrogens is 1. The van der Waals surface area contributed by atoms with Gasteiger partial charge in [-0.05, 0) is 23.6 Å². The maximum absolute atomic E-state index is 12.4. The zero-order chi connectivity index (χ0) is 17.9. The van der Waals surface area contributed by atoms with Gasteiger partial charge in [-0.1, -0.05) is 59.1 Å². The smallest absolute Gasteiger partial charge is 0.265 e. The van der Waals surface area contributed by atoms with Crippen molar-refractivity contribution in [2.45, 2.75) is 9.96 Å². The first kappa shape index (κ1) is 18.8. The minimum atomic E-state index is -1.57. The molecule has 2 aromatic rings. The van der Waals surface area contributed by atoms with Gasteiger partial charge in [0.05, 0.1) is 31.1 Å². The minimum Gasteiger partial charge on any atom is -0.360 e. The topological polar surface area (TPSA) is 36.8 Å². The highest BCUT2D eigenvalue weighted by Gasteiger charge is 2.43. The molecule has 1 amide bonds. The van der Waals surface area contributed by atoms with Crippen LogP contribution in [0, 0.1) is 0 Å². The number of amides is 1. The molecule has 0 spiro atoms. The van der Waals surface area contributed by atoms with Gasteiger partial charge < -0.3 is 9.80 Å². The summed E-state index contributed by atoms with van der Waals surface area (Å²) in [4.78, 5) is 16.4. The molecule has 0 bridgehead atoms. The molecule has 4 nitrogen and oxygen atoms in total. The van der Waals surface area contributed by atoms with Crippen molar-refractivity contribution in [1.29, 1.82) is 0 Å². The first-order chi connectivity index (χ1) is 11.9. The standard InChI is InChI=1S/C17H18Cl3N3OS/c18-17(19,20)16(21-15(24)14-7-4-12-25-14)23-10-8-22(9-11-23)13-5-2-1-3-6-13/h1-7,12,16H,8-11H2,(H,21,24)/p+1/t16-/m0/s1. The number of nitrogens with zero attached hydrogens (tertiary/aromatic N) is 1. The van der Waals surface area contributed by atoms with E-state index in [0.29, 0.717) is 4.88 Å². The van der Waals surface area contributed by atoms with E-state index in [1.165, 1.54) is 17.0 Å².